The van der Waals surface area contributed by atoms with Crippen LogP contribution in [-0.4, -0.2) is 35.1 Å². The lowest BCUT2D eigenvalue weighted by molar-refractivity contribution is -0.141. The minimum atomic E-state index is -0.500. The number of halogens is 2. The zero-order chi connectivity index (χ0) is 21.9. The van der Waals surface area contributed by atoms with Crippen molar-refractivity contribution in [2.24, 2.45) is 0 Å². The summed E-state index contributed by atoms with van der Waals surface area (Å²) in [7, 11) is 0. The summed E-state index contributed by atoms with van der Waals surface area (Å²) in [5.41, 5.74) is 0.944. The molecule has 2 rings (SSSR count). The molecule has 1 unspecified atom stereocenters. The molecule has 0 bridgehead atoms. The molecule has 0 heterocycles. The average Bonchev–Trinajstić information content (AvgIpc) is 2.74. The van der Waals surface area contributed by atoms with E-state index in [0.717, 1.165) is 16.9 Å². The summed E-state index contributed by atoms with van der Waals surface area (Å²) < 4.78 is 0. The molecule has 4 nitrogen and oxygen atoms in total. The summed E-state index contributed by atoms with van der Waals surface area (Å²) in [5.74, 6) is 0.488. The highest BCUT2D eigenvalue weighted by atomic mass is 35.5. The van der Waals surface area contributed by atoms with Crippen LogP contribution < -0.4 is 5.32 Å². The largest absolute Gasteiger partial charge is 0.354 e. The number of hydrogen-bond donors (Lipinski definition) is 1. The second-order valence-electron chi connectivity index (χ2n) is 6.92. The van der Waals surface area contributed by atoms with E-state index in [1.807, 2.05) is 50.2 Å². The number of benzene rings is 2. The summed E-state index contributed by atoms with van der Waals surface area (Å²) in [6, 6.07) is 14.4. The van der Waals surface area contributed by atoms with Gasteiger partial charge in [0.15, 0.2) is 0 Å². The topological polar surface area (TPSA) is 49.4 Å². The maximum atomic E-state index is 13.1. The van der Waals surface area contributed by atoms with Crippen LogP contribution >= 0.6 is 35.0 Å². The van der Waals surface area contributed by atoms with E-state index >= 15 is 0 Å². The fourth-order valence-electron chi connectivity index (χ4n) is 3.00. The Morgan fingerprint density at radius 1 is 1.00 bits per heavy atom. The van der Waals surface area contributed by atoms with Crippen LogP contribution in [-0.2, 0) is 16.1 Å². The molecular weight excluding hydrogens is 439 g/mol. The standard InChI is InChI=1S/C23H28Cl2N2O2S/c1-3-14-26-23(29)21(4-2)27(16-17-5-7-18(24)8-6-17)22(28)13-15-30-20-11-9-19(25)10-12-20/h5-12,21H,3-4,13-16H2,1-2H3,(H,26,29). The highest BCUT2D eigenvalue weighted by Gasteiger charge is 2.28. The first-order valence-corrected chi connectivity index (χ1v) is 11.9. The van der Waals surface area contributed by atoms with E-state index in [1.54, 1.807) is 28.8 Å². The minimum Gasteiger partial charge on any atom is -0.354 e. The Bertz CT molecular complexity index is 813. The molecule has 2 amide bonds. The molecule has 162 valence electrons. The van der Waals surface area contributed by atoms with Gasteiger partial charge in [-0.2, -0.15) is 0 Å². The molecule has 0 saturated heterocycles. The van der Waals surface area contributed by atoms with Gasteiger partial charge < -0.3 is 10.2 Å². The van der Waals surface area contributed by atoms with Crippen molar-refractivity contribution in [3.8, 4) is 0 Å². The van der Waals surface area contributed by atoms with Crippen molar-refractivity contribution in [2.75, 3.05) is 12.3 Å². The molecule has 0 aliphatic heterocycles. The maximum Gasteiger partial charge on any atom is 0.242 e. The van der Waals surface area contributed by atoms with Gasteiger partial charge in [0.05, 0.1) is 0 Å². The number of carbonyl (C=O) groups is 2. The monoisotopic (exact) mass is 466 g/mol. The molecule has 0 aliphatic carbocycles. The van der Waals surface area contributed by atoms with Crippen molar-refractivity contribution in [1.29, 1.82) is 0 Å². The van der Waals surface area contributed by atoms with E-state index < -0.39 is 6.04 Å². The summed E-state index contributed by atoms with van der Waals surface area (Å²) in [4.78, 5) is 28.6. The normalized spacial score (nSPS) is 11.7. The van der Waals surface area contributed by atoms with Crippen LogP contribution in [0.2, 0.25) is 10.0 Å². The third kappa shape index (κ3) is 7.86. The van der Waals surface area contributed by atoms with E-state index in [4.69, 9.17) is 23.2 Å². The maximum absolute atomic E-state index is 13.1. The molecular formula is C23H28Cl2N2O2S. The lowest BCUT2D eigenvalue weighted by Crippen LogP contribution is -2.49. The average molecular weight is 467 g/mol. The minimum absolute atomic E-state index is 0.0371. The van der Waals surface area contributed by atoms with Crippen molar-refractivity contribution >= 4 is 46.8 Å². The smallest absolute Gasteiger partial charge is 0.242 e. The Morgan fingerprint density at radius 3 is 2.17 bits per heavy atom. The third-order valence-corrected chi connectivity index (χ3v) is 6.12. The molecule has 0 radical (unpaired) electrons. The van der Waals surface area contributed by atoms with Gasteiger partial charge in [-0.3, -0.25) is 9.59 Å². The fraction of sp³-hybridized carbons (Fsp3) is 0.391. The lowest BCUT2D eigenvalue weighted by Gasteiger charge is -2.30. The van der Waals surface area contributed by atoms with Crippen LogP contribution in [0, 0.1) is 0 Å². The zero-order valence-corrected chi connectivity index (χ0v) is 19.7. The highest BCUT2D eigenvalue weighted by molar-refractivity contribution is 7.99. The van der Waals surface area contributed by atoms with Crippen LogP contribution in [0.4, 0.5) is 0 Å². The SMILES string of the molecule is CCCNC(=O)C(CC)N(Cc1ccc(Cl)cc1)C(=O)CCSc1ccc(Cl)cc1. The molecule has 7 heteroatoms. The van der Waals surface area contributed by atoms with Gasteiger partial charge in [-0.15, -0.1) is 11.8 Å². The van der Waals surface area contributed by atoms with Crippen LogP contribution in [0.15, 0.2) is 53.4 Å². The lowest BCUT2D eigenvalue weighted by atomic mass is 10.1. The summed E-state index contributed by atoms with van der Waals surface area (Å²) in [6.45, 7) is 4.91. The third-order valence-electron chi connectivity index (χ3n) is 4.60. The van der Waals surface area contributed by atoms with Crippen molar-refractivity contribution in [3.05, 3.63) is 64.1 Å². The Morgan fingerprint density at radius 2 is 1.60 bits per heavy atom. The molecule has 0 aliphatic rings. The van der Waals surface area contributed by atoms with Gasteiger partial charge in [-0.05, 0) is 54.8 Å². The Labute approximate surface area is 193 Å². The predicted molar refractivity (Wildman–Crippen MR) is 126 cm³/mol. The van der Waals surface area contributed by atoms with Crippen LogP contribution in [0.25, 0.3) is 0 Å². The summed E-state index contributed by atoms with van der Waals surface area (Å²) in [6.07, 6.45) is 1.75. The second-order valence-corrected chi connectivity index (χ2v) is 8.96. The van der Waals surface area contributed by atoms with Crippen LogP contribution in [0.5, 0.6) is 0 Å². The van der Waals surface area contributed by atoms with Gasteiger partial charge in [0.25, 0.3) is 0 Å². The molecule has 2 aromatic carbocycles. The number of carbonyl (C=O) groups excluding carboxylic acids is 2. The van der Waals surface area contributed by atoms with Gasteiger partial charge in [0, 0.05) is 40.2 Å². The number of nitrogens with one attached hydrogen (secondary N) is 1. The summed E-state index contributed by atoms with van der Waals surface area (Å²) in [5, 5.41) is 4.26. The van der Waals surface area contributed by atoms with Gasteiger partial charge in [0.2, 0.25) is 11.8 Å². The summed E-state index contributed by atoms with van der Waals surface area (Å²) >= 11 is 13.5. The van der Waals surface area contributed by atoms with Crippen LogP contribution in [0.1, 0.15) is 38.7 Å². The second kappa shape index (κ2) is 12.9. The van der Waals surface area contributed by atoms with Crippen molar-refractivity contribution < 1.29 is 9.59 Å². The molecule has 0 fully saturated rings. The van der Waals surface area contributed by atoms with E-state index in [9.17, 15) is 9.59 Å². The Balaban J connectivity index is 2.09. The van der Waals surface area contributed by atoms with Crippen molar-refractivity contribution in [2.45, 2.75) is 50.6 Å². The first-order chi connectivity index (χ1) is 14.4. The zero-order valence-electron chi connectivity index (χ0n) is 17.4. The molecule has 30 heavy (non-hydrogen) atoms. The number of hydrogen-bond acceptors (Lipinski definition) is 3. The highest BCUT2D eigenvalue weighted by Crippen LogP contribution is 2.22. The molecule has 2 aromatic rings. The molecule has 0 saturated carbocycles. The predicted octanol–water partition coefficient (Wildman–Crippen LogP) is 5.81. The van der Waals surface area contributed by atoms with Gasteiger partial charge in [-0.1, -0.05) is 49.2 Å². The van der Waals surface area contributed by atoms with Gasteiger partial charge in [-0.25, -0.2) is 0 Å². The number of thioether (sulfide) groups is 1. The van der Waals surface area contributed by atoms with Crippen molar-refractivity contribution in [3.63, 3.8) is 0 Å². The molecule has 1 atom stereocenters. The first kappa shape index (κ1) is 24.6. The van der Waals surface area contributed by atoms with E-state index in [1.165, 1.54) is 0 Å². The number of amides is 2. The molecule has 0 spiro atoms. The van der Waals surface area contributed by atoms with Gasteiger partial charge in [0.1, 0.15) is 6.04 Å². The molecule has 0 aromatic heterocycles. The van der Waals surface area contributed by atoms with Gasteiger partial charge >= 0.3 is 0 Å². The fourth-order valence-corrected chi connectivity index (χ4v) is 4.10. The Hall–Kier alpha value is -1.69. The van der Waals surface area contributed by atoms with E-state index in [2.05, 4.69) is 5.32 Å². The first-order valence-electron chi connectivity index (χ1n) is 10.1. The number of nitrogens with zero attached hydrogens (tertiary/aromatic N) is 1. The van der Waals surface area contributed by atoms with Crippen LogP contribution in [0.3, 0.4) is 0 Å². The number of rotatable bonds is 11. The molecule has 1 N–H and O–H groups in total. The quantitative estimate of drug-likeness (QED) is 0.425. The van der Waals surface area contributed by atoms with E-state index in [0.29, 0.717) is 41.7 Å². The Kier molecular flexibility index (Phi) is 10.6. The van der Waals surface area contributed by atoms with Crippen molar-refractivity contribution in [1.82, 2.24) is 10.2 Å². The van der Waals surface area contributed by atoms with E-state index in [-0.39, 0.29) is 11.8 Å².